The molecule has 1 N–H and O–H groups in total. The number of amides is 1. The number of piperidine rings is 1. The Balaban J connectivity index is 1.62. The van der Waals surface area contributed by atoms with Gasteiger partial charge in [-0.1, -0.05) is 35.2 Å². The molecule has 0 aliphatic carbocycles. The predicted molar refractivity (Wildman–Crippen MR) is 109 cm³/mol. The van der Waals surface area contributed by atoms with Crippen LogP contribution in [0.15, 0.2) is 28.6 Å². The molecule has 1 fully saturated rings. The quantitative estimate of drug-likeness (QED) is 0.739. The lowest BCUT2D eigenvalue weighted by atomic mass is 9.97. The first kappa shape index (κ1) is 19.2. The lowest BCUT2D eigenvalue weighted by Gasteiger charge is -2.40. The standard InChI is InChI=1S/C19H26N4OS2/c1-12-7-5-10-16(11-12)20-18-21-22-19(26-18)25-15(4)17(24)23-13(2)8-6-9-14(23)3/h5,7,10-11,13-15H,6,8-9H2,1-4H3,(H,20,21)/t13-,14-,15+/m0/s1. The highest BCUT2D eigenvalue weighted by atomic mass is 32.2. The van der Waals surface area contributed by atoms with Crippen molar-refractivity contribution < 1.29 is 4.79 Å². The van der Waals surface area contributed by atoms with Crippen molar-refractivity contribution in [2.45, 2.75) is 68.6 Å². The molecular weight excluding hydrogens is 364 g/mol. The van der Waals surface area contributed by atoms with Crippen LogP contribution in [0.5, 0.6) is 0 Å². The first-order valence-electron chi connectivity index (χ1n) is 9.10. The van der Waals surface area contributed by atoms with Crippen LogP contribution in [0.1, 0.15) is 45.6 Å². The number of anilines is 2. The third kappa shape index (κ3) is 4.57. The minimum atomic E-state index is -0.155. The van der Waals surface area contributed by atoms with Crippen LogP contribution in [0, 0.1) is 6.92 Å². The highest BCUT2D eigenvalue weighted by Gasteiger charge is 2.32. The van der Waals surface area contributed by atoms with Gasteiger partial charge in [0.2, 0.25) is 11.0 Å². The van der Waals surface area contributed by atoms with Crippen molar-refractivity contribution in [2.24, 2.45) is 0 Å². The van der Waals surface area contributed by atoms with Gasteiger partial charge in [-0.3, -0.25) is 4.79 Å². The summed E-state index contributed by atoms with van der Waals surface area (Å²) >= 11 is 2.98. The van der Waals surface area contributed by atoms with Gasteiger partial charge in [0, 0.05) is 17.8 Å². The SMILES string of the molecule is Cc1cccc(Nc2nnc(S[C@H](C)C(=O)N3[C@@H](C)CCC[C@@H]3C)s2)c1. The summed E-state index contributed by atoms with van der Waals surface area (Å²) in [7, 11) is 0. The monoisotopic (exact) mass is 390 g/mol. The molecular formula is C19H26N4OS2. The van der Waals surface area contributed by atoms with Gasteiger partial charge in [-0.15, -0.1) is 10.2 Å². The molecule has 3 rings (SSSR count). The smallest absolute Gasteiger partial charge is 0.236 e. The Labute approximate surface area is 163 Å². The summed E-state index contributed by atoms with van der Waals surface area (Å²) in [4.78, 5) is 15.0. The van der Waals surface area contributed by atoms with Crippen molar-refractivity contribution in [1.82, 2.24) is 15.1 Å². The summed E-state index contributed by atoms with van der Waals surface area (Å²) in [5.41, 5.74) is 2.19. The van der Waals surface area contributed by atoms with E-state index in [1.807, 2.05) is 19.1 Å². The molecule has 1 aromatic carbocycles. The topological polar surface area (TPSA) is 58.1 Å². The molecule has 0 saturated carbocycles. The van der Waals surface area contributed by atoms with Crippen molar-refractivity contribution in [3.05, 3.63) is 29.8 Å². The number of aryl methyl sites for hydroxylation is 1. The molecule has 7 heteroatoms. The number of nitrogens with zero attached hydrogens (tertiary/aromatic N) is 3. The van der Waals surface area contributed by atoms with E-state index in [4.69, 9.17) is 0 Å². The fraction of sp³-hybridized carbons (Fsp3) is 0.526. The van der Waals surface area contributed by atoms with E-state index < -0.39 is 0 Å². The first-order valence-corrected chi connectivity index (χ1v) is 10.8. The van der Waals surface area contributed by atoms with Crippen LogP contribution in [0.2, 0.25) is 0 Å². The second-order valence-electron chi connectivity index (χ2n) is 7.00. The molecule has 2 heterocycles. The summed E-state index contributed by atoms with van der Waals surface area (Å²) in [6.45, 7) is 8.33. The molecule has 26 heavy (non-hydrogen) atoms. The number of hydrogen-bond donors (Lipinski definition) is 1. The fourth-order valence-electron chi connectivity index (χ4n) is 3.42. The summed E-state index contributed by atoms with van der Waals surface area (Å²) in [5.74, 6) is 0.207. The van der Waals surface area contributed by atoms with Gasteiger partial charge in [0.15, 0.2) is 4.34 Å². The maximum Gasteiger partial charge on any atom is 0.236 e. The summed E-state index contributed by atoms with van der Waals surface area (Å²) < 4.78 is 0.818. The van der Waals surface area contributed by atoms with E-state index in [0.29, 0.717) is 12.1 Å². The van der Waals surface area contributed by atoms with Crippen LogP contribution in [-0.2, 0) is 4.79 Å². The Morgan fingerprint density at radius 3 is 2.73 bits per heavy atom. The number of carbonyl (C=O) groups is 1. The second-order valence-corrected chi connectivity index (χ2v) is 9.57. The average molecular weight is 391 g/mol. The van der Waals surface area contributed by atoms with E-state index in [9.17, 15) is 4.79 Å². The highest BCUT2D eigenvalue weighted by molar-refractivity contribution is 8.02. The molecule has 1 amide bonds. The minimum Gasteiger partial charge on any atom is -0.336 e. The van der Waals surface area contributed by atoms with E-state index >= 15 is 0 Å². The Kier molecular flexibility index (Phi) is 6.19. The molecule has 1 aliphatic heterocycles. The van der Waals surface area contributed by atoms with E-state index in [1.165, 1.54) is 35.1 Å². The molecule has 1 aromatic heterocycles. The summed E-state index contributed by atoms with van der Waals surface area (Å²) in [6, 6.07) is 8.79. The third-order valence-corrected chi connectivity index (χ3v) is 6.76. The van der Waals surface area contributed by atoms with Gasteiger partial charge in [-0.05, 0) is 64.7 Å². The zero-order valence-corrected chi connectivity index (χ0v) is 17.4. The van der Waals surface area contributed by atoms with Crippen molar-refractivity contribution in [1.29, 1.82) is 0 Å². The molecule has 0 unspecified atom stereocenters. The van der Waals surface area contributed by atoms with Crippen LogP contribution in [0.25, 0.3) is 0 Å². The fourth-order valence-corrected chi connectivity index (χ4v) is 5.39. The van der Waals surface area contributed by atoms with Gasteiger partial charge in [0.05, 0.1) is 5.25 Å². The molecule has 0 spiro atoms. The third-order valence-electron chi connectivity index (χ3n) is 4.75. The largest absolute Gasteiger partial charge is 0.336 e. The van der Waals surface area contributed by atoms with Crippen LogP contribution in [-0.4, -0.2) is 38.3 Å². The Morgan fingerprint density at radius 2 is 2.04 bits per heavy atom. The Hall–Kier alpha value is -1.60. The molecule has 140 valence electrons. The molecule has 0 bridgehead atoms. The predicted octanol–water partition coefficient (Wildman–Crippen LogP) is 4.86. The van der Waals surface area contributed by atoms with Crippen LogP contribution in [0.3, 0.4) is 0 Å². The lowest BCUT2D eigenvalue weighted by Crippen LogP contribution is -2.50. The van der Waals surface area contributed by atoms with Crippen molar-refractivity contribution in [3.63, 3.8) is 0 Å². The van der Waals surface area contributed by atoms with Crippen molar-refractivity contribution >= 4 is 39.8 Å². The number of hydrogen-bond acceptors (Lipinski definition) is 6. The molecule has 3 atom stereocenters. The van der Waals surface area contributed by atoms with Gasteiger partial charge in [-0.25, -0.2) is 0 Å². The van der Waals surface area contributed by atoms with Crippen molar-refractivity contribution in [3.8, 4) is 0 Å². The number of thioether (sulfide) groups is 1. The highest BCUT2D eigenvalue weighted by Crippen LogP contribution is 2.33. The number of benzene rings is 1. The molecule has 2 aromatic rings. The van der Waals surface area contributed by atoms with E-state index in [1.54, 1.807) is 0 Å². The van der Waals surface area contributed by atoms with Gasteiger partial charge in [-0.2, -0.15) is 0 Å². The normalized spacial score (nSPS) is 21.5. The van der Waals surface area contributed by atoms with E-state index in [2.05, 4.69) is 53.3 Å². The summed E-state index contributed by atoms with van der Waals surface area (Å²) in [5, 5.41) is 12.3. The van der Waals surface area contributed by atoms with Crippen LogP contribution < -0.4 is 5.32 Å². The van der Waals surface area contributed by atoms with E-state index in [-0.39, 0.29) is 11.2 Å². The maximum absolute atomic E-state index is 12.9. The number of rotatable bonds is 5. The van der Waals surface area contributed by atoms with Crippen molar-refractivity contribution in [2.75, 3.05) is 5.32 Å². The lowest BCUT2D eigenvalue weighted by molar-refractivity contribution is -0.136. The zero-order chi connectivity index (χ0) is 18.7. The average Bonchev–Trinajstić information content (AvgIpc) is 3.01. The number of aromatic nitrogens is 2. The zero-order valence-electron chi connectivity index (χ0n) is 15.7. The molecule has 1 aliphatic rings. The summed E-state index contributed by atoms with van der Waals surface area (Å²) in [6.07, 6.45) is 3.39. The Morgan fingerprint density at radius 1 is 1.31 bits per heavy atom. The van der Waals surface area contributed by atoms with Crippen LogP contribution >= 0.6 is 23.1 Å². The van der Waals surface area contributed by atoms with Gasteiger partial charge >= 0.3 is 0 Å². The van der Waals surface area contributed by atoms with Crippen LogP contribution in [0.4, 0.5) is 10.8 Å². The number of nitrogens with one attached hydrogen (secondary N) is 1. The second kappa shape index (κ2) is 8.39. The van der Waals surface area contributed by atoms with Gasteiger partial charge in [0.1, 0.15) is 0 Å². The number of carbonyl (C=O) groups excluding carboxylic acids is 1. The molecule has 1 saturated heterocycles. The molecule has 0 radical (unpaired) electrons. The van der Waals surface area contributed by atoms with Gasteiger partial charge in [0.25, 0.3) is 0 Å². The Bertz CT molecular complexity index is 754. The van der Waals surface area contributed by atoms with E-state index in [0.717, 1.165) is 28.0 Å². The maximum atomic E-state index is 12.9. The molecule has 5 nitrogen and oxygen atoms in total. The minimum absolute atomic E-state index is 0.155. The first-order chi connectivity index (χ1) is 12.4. The van der Waals surface area contributed by atoms with Gasteiger partial charge < -0.3 is 10.2 Å². The number of likely N-dealkylation sites (tertiary alicyclic amines) is 1.